The second kappa shape index (κ2) is 8.39. The van der Waals surface area contributed by atoms with Crippen molar-refractivity contribution in [3.63, 3.8) is 0 Å². The van der Waals surface area contributed by atoms with Crippen LogP contribution in [0.2, 0.25) is 0 Å². The van der Waals surface area contributed by atoms with Gasteiger partial charge in [0, 0.05) is 24.2 Å². The van der Waals surface area contributed by atoms with Gasteiger partial charge < -0.3 is 9.72 Å². The van der Waals surface area contributed by atoms with Crippen molar-refractivity contribution in [3.05, 3.63) is 117 Å². The fourth-order valence-electron chi connectivity index (χ4n) is 3.53. The summed E-state index contributed by atoms with van der Waals surface area (Å²) in [6, 6.07) is 18.4. The summed E-state index contributed by atoms with van der Waals surface area (Å²) >= 11 is 0. The van der Waals surface area contributed by atoms with Gasteiger partial charge in [-0.3, -0.25) is 4.79 Å². The third kappa shape index (κ3) is 3.83. The van der Waals surface area contributed by atoms with E-state index in [1.807, 2.05) is 0 Å². The highest BCUT2D eigenvalue weighted by molar-refractivity contribution is 5.94. The summed E-state index contributed by atoms with van der Waals surface area (Å²) in [5, 5.41) is 4.44. The number of nitrogens with zero attached hydrogens (tertiary/aromatic N) is 4. The zero-order valence-electron chi connectivity index (χ0n) is 17.2. The average Bonchev–Trinajstić information content (AvgIpc) is 3.38. The van der Waals surface area contributed by atoms with Crippen LogP contribution in [0.25, 0.3) is 22.4 Å². The van der Waals surface area contributed by atoms with Gasteiger partial charge >= 0.3 is 11.7 Å². The van der Waals surface area contributed by atoms with Gasteiger partial charge in [-0.15, -0.1) is 0 Å². The lowest BCUT2D eigenvalue weighted by Crippen LogP contribution is -2.33. The molecule has 0 saturated heterocycles. The molecule has 0 bridgehead atoms. The number of para-hydroxylation sites is 1. The molecule has 5 aromatic rings. The van der Waals surface area contributed by atoms with Crippen LogP contribution in [0.15, 0.2) is 94.9 Å². The molecule has 0 spiro atoms. The predicted molar refractivity (Wildman–Crippen MR) is 121 cm³/mol. The normalized spacial score (nSPS) is 10.9. The minimum atomic E-state index is -0.597. The van der Waals surface area contributed by atoms with Gasteiger partial charge in [-0.2, -0.15) is 5.10 Å². The Morgan fingerprint density at radius 3 is 2.61 bits per heavy atom. The second-order valence-electron chi connectivity index (χ2n) is 7.18. The summed E-state index contributed by atoms with van der Waals surface area (Å²) < 4.78 is 8.10. The topological polar surface area (TPSA) is 112 Å². The quantitative estimate of drug-likeness (QED) is 0.422. The average molecular weight is 439 g/mol. The molecule has 0 unspecified atom stereocenters. The van der Waals surface area contributed by atoms with E-state index >= 15 is 0 Å². The number of fused-ring (bicyclic) bond motifs is 1. The van der Waals surface area contributed by atoms with E-state index in [9.17, 15) is 14.4 Å². The molecule has 0 saturated carbocycles. The van der Waals surface area contributed by atoms with Crippen molar-refractivity contribution in [2.24, 2.45) is 0 Å². The number of nitrogens with one attached hydrogen (secondary N) is 1. The minimum absolute atomic E-state index is 0.0218. The highest BCUT2D eigenvalue weighted by Gasteiger charge is 2.15. The molecule has 0 aliphatic heterocycles. The molecule has 0 aliphatic carbocycles. The van der Waals surface area contributed by atoms with Crippen molar-refractivity contribution in [2.45, 2.75) is 6.61 Å². The van der Waals surface area contributed by atoms with Crippen molar-refractivity contribution in [3.8, 4) is 11.5 Å². The zero-order valence-corrected chi connectivity index (χ0v) is 17.2. The standard InChI is InChI=1S/C24H17N5O4/c30-22-19-10-9-16(14-20(19)27-24(32)29(22)18-7-2-1-3-8-18)23(31)33-15-17-6-4-11-25-21(17)28-13-5-12-26-28/h1-14H,15H2,(H,27,32). The molecule has 5 rings (SSSR count). The lowest BCUT2D eigenvalue weighted by molar-refractivity contribution is 0.0472. The molecule has 33 heavy (non-hydrogen) atoms. The van der Waals surface area contributed by atoms with Gasteiger partial charge in [0.05, 0.1) is 22.2 Å². The highest BCUT2D eigenvalue weighted by Crippen LogP contribution is 2.15. The Balaban J connectivity index is 1.43. The van der Waals surface area contributed by atoms with Gasteiger partial charge in [-0.1, -0.05) is 24.3 Å². The number of hydrogen-bond acceptors (Lipinski definition) is 6. The Bertz CT molecular complexity index is 1570. The Kier molecular flexibility index (Phi) is 5.12. The first-order valence-electron chi connectivity index (χ1n) is 10.1. The Labute approximate surface area is 186 Å². The van der Waals surface area contributed by atoms with Gasteiger partial charge in [0.1, 0.15) is 6.61 Å². The Morgan fingerprint density at radius 1 is 0.970 bits per heavy atom. The van der Waals surface area contributed by atoms with Crippen molar-refractivity contribution in [2.75, 3.05) is 0 Å². The highest BCUT2D eigenvalue weighted by atomic mass is 16.5. The van der Waals surface area contributed by atoms with Gasteiger partial charge in [0.25, 0.3) is 5.56 Å². The summed E-state index contributed by atoms with van der Waals surface area (Å²) in [5.41, 5.74) is 0.528. The fraction of sp³-hybridized carbons (Fsp3) is 0.0417. The summed E-state index contributed by atoms with van der Waals surface area (Å²) in [5.74, 6) is -0.0418. The van der Waals surface area contributed by atoms with E-state index in [0.717, 1.165) is 4.57 Å². The van der Waals surface area contributed by atoms with Crippen LogP contribution in [0.1, 0.15) is 15.9 Å². The number of ether oxygens (including phenoxy) is 1. The van der Waals surface area contributed by atoms with Gasteiger partial charge in [0.15, 0.2) is 5.82 Å². The third-order valence-corrected chi connectivity index (χ3v) is 5.10. The molecule has 1 N–H and O–H groups in total. The van der Waals surface area contributed by atoms with E-state index in [1.165, 1.54) is 18.2 Å². The molecular formula is C24H17N5O4. The first-order chi connectivity index (χ1) is 16.1. The van der Waals surface area contributed by atoms with Gasteiger partial charge in [-0.25, -0.2) is 23.8 Å². The van der Waals surface area contributed by atoms with Gasteiger partial charge in [0.2, 0.25) is 0 Å². The molecule has 0 fully saturated rings. The minimum Gasteiger partial charge on any atom is -0.457 e. The third-order valence-electron chi connectivity index (χ3n) is 5.10. The van der Waals surface area contributed by atoms with Crippen LogP contribution in [0, 0.1) is 0 Å². The maximum absolute atomic E-state index is 12.9. The first kappa shape index (κ1) is 20.1. The monoisotopic (exact) mass is 439 g/mol. The number of aromatic amines is 1. The first-order valence-corrected chi connectivity index (χ1v) is 10.1. The number of esters is 1. The van der Waals surface area contributed by atoms with Crippen molar-refractivity contribution in [1.29, 1.82) is 0 Å². The molecule has 0 amide bonds. The molecule has 9 nitrogen and oxygen atoms in total. The smallest absolute Gasteiger partial charge is 0.338 e. The lowest BCUT2D eigenvalue weighted by atomic mass is 10.1. The SMILES string of the molecule is O=C(OCc1cccnc1-n1cccn1)c1ccc2c(=O)n(-c3ccccc3)c(=O)[nH]c2c1. The molecule has 9 heteroatoms. The molecule has 2 aromatic carbocycles. The van der Waals surface area contributed by atoms with Gasteiger partial charge in [-0.05, 0) is 42.5 Å². The van der Waals surface area contributed by atoms with Crippen molar-refractivity contribution >= 4 is 16.9 Å². The summed E-state index contributed by atoms with van der Waals surface area (Å²) in [6.45, 7) is -0.0218. The number of hydrogen-bond donors (Lipinski definition) is 1. The molecular weight excluding hydrogens is 422 g/mol. The van der Waals surface area contributed by atoms with Crippen molar-refractivity contribution in [1.82, 2.24) is 24.3 Å². The van der Waals surface area contributed by atoms with Crippen LogP contribution < -0.4 is 11.2 Å². The van der Waals surface area contributed by atoms with Crippen LogP contribution in [0.4, 0.5) is 0 Å². The fourth-order valence-corrected chi connectivity index (χ4v) is 3.53. The Hall–Kier alpha value is -4.79. The van der Waals surface area contributed by atoms with Crippen LogP contribution >= 0.6 is 0 Å². The summed E-state index contributed by atoms with van der Waals surface area (Å²) in [7, 11) is 0. The number of carbonyl (C=O) groups is 1. The molecule has 0 radical (unpaired) electrons. The second-order valence-corrected chi connectivity index (χ2v) is 7.18. The number of pyridine rings is 1. The summed E-state index contributed by atoms with van der Waals surface area (Å²) in [6.07, 6.45) is 5.01. The molecule has 3 aromatic heterocycles. The van der Waals surface area contributed by atoms with Crippen LogP contribution in [0.3, 0.4) is 0 Å². The van der Waals surface area contributed by atoms with E-state index in [1.54, 1.807) is 71.8 Å². The van der Waals surface area contributed by atoms with E-state index in [4.69, 9.17) is 4.74 Å². The lowest BCUT2D eigenvalue weighted by Gasteiger charge is -2.10. The maximum atomic E-state index is 12.9. The number of benzene rings is 2. The number of aromatic nitrogens is 5. The molecule has 3 heterocycles. The zero-order chi connectivity index (χ0) is 22.8. The predicted octanol–water partition coefficient (Wildman–Crippen LogP) is 2.62. The maximum Gasteiger partial charge on any atom is 0.338 e. The number of H-pyrrole nitrogens is 1. The van der Waals surface area contributed by atoms with Crippen LogP contribution in [-0.2, 0) is 11.3 Å². The molecule has 0 atom stereocenters. The Morgan fingerprint density at radius 2 is 1.82 bits per heavy atom. The van der Waals surface area contributed by atoms with Crippen LogP contribution in [0.5, 0.6) is 0 Å². The summed E-state index contributed by atoms with van der Waals surface area (Å²) in [4.78, 5) is 45.1. The van der Waals surface area contributed by atoms with E-state index in [2.05, 4.69) is 15.1 Å². The molecule has 0 aliphatic rings. The van der Waals surface area contributed by atoms with E-state index < -0.39 is 17.2 Å². The van der Waals surface area contributed by atoms with Crippen molar-refractivity contribution < 1.29 is 9.53 Å². The molecule has 162 valence electrons. The number of carbonyl (C=O) groups excluding carboxylic acids is 1. The van der Waals surface area contributed by atoms with Crippen LogP contribution in [-0.4, -0.2) is 30.3 Å². The van der Waals surface area contributed by atoms with E-state index in [0.29, 0.717) is 17.1 Å². The van der Waals surface area contributed by atoms with E-state index in [-0.39, 0.29) is 23.1 Å². The largest absolute Gasteiger partial charge is 0.457 e. The number of rotatable bonds is 5.